The molecule has 0 spiro atoms. The first kappa shape index (κ1) is 23.2. The third-order valence-corrected chi connectivity index (χ3v) is 5.85. The van der Waals surface area contributed by atoms with Gasteiger partial charge in [0.1, 0.15) is 0 Å². The zero-order chi connectivity index (χ0) is 23.9. The van der Waals surface area contributed by atoms with Gasteiger partial charge in [0, 0.05) is 21.8 Å². The van der Waals surface area contributed by atoms with Crippen molar-refractivity contribution in [1.82, 2.24) is 20.2 Å². The predicted molar refractivity (Wildman–Crippen MR) is 132 cm³/mol. The van der Waals surface area contributed by atoms with Crippen molar-refractivity contribution in [2.75, 3.05) is 5.75 Å². The van der Waals surface area contributed by atoms with E-state index in [9.17, 15) is 14.7 Å². The van der Waals surface area contributed by atoms with Crippen LogP contribution in [0.5, 0.6) is 0 Å². The van der Waals surface area contributed by atoms with Gasteiger partial charge in [-0.25, -0.2) is 10.2 Å². The Balaban J connectivity index is 1.49. The van der Waals surface area contributed by atoms with Gasteiger partial charge < -0.3 is 5.11 Å². The maximum absolute atomic E-state index is 12.4. The van der Waals surface area contributed by atoms with Crippen molar-refractivity contribution in [3.8, 4) is 17.1 Å². The molecule has 0 fully saturated rings. The van der Waals surface area contributed by atoms with Gasteiger partial charge in [-0.15, -0.1) is 10.2 Å². The maximum atomic E-state index is 12.4. The van der Waals surface area contributed by atoms with Gasteiger partial charge in [-0.1, -0.05) is 59.8 Å². The molecule has 0 aliphatic carbocycles. The SMILES string of the molecule is O=C(CSc1nnc(-c2ccc(Cl)cc2)n1-c1ccccc1)NN=Cc1ccccc1C(=O)O. The second-order valence-corrected chi connectivity index (χ2v) is 8.34. The lowest BCUT2D eigenvalue weighted by atomic mass is 10.1. The highest BCUT2D eigenvalue weighted by molar-refractivity contribution is 7.99. The normalized spacial score (nSPS) is 11.0. The number of carbonyl (C=O) groups excluding carboxylic acids is 1. The molecule has 3 aromatic carbocycles. The fraction of sp³-hybridized carbons (Fsp3) is 0.0417. The van der Waals surface area contributed by atoms with Gasteiger partial charge in [0.15, 0.2) is 11.0 Å². The highest BCUT2D eigenvalue weighted by Gasteiger charge is 2.17. The summed E-state index contributed by atoms with van der Waals surface area (Å²) >= 11 is 7.22. The molecule has 8 nitrogen and oxygen atoms in total. The molecular formula is C24H18ClN5O3S. The Labute approximate surface area is 204 Å². The fourth-order valence-electron chi connectivity index (χ4n) is 3.10. The van der Waals surface area contributed by atoms with Crippen LogP contribution in [0.2, 0.25) is 5.02 Å². The number of hydrogen-bond donors (Lipinski definition) is 2. The highest BCUT2D eigenvalue weighted by Crippen LogP contribution is 2.28. The van der Waals surface area contributed by atoms with Crippen molar-refractivity contribution in [1.29, 1.82) is 0 Å². The van der Waals surface area contributed by atoms with Gasteiger partial charge >= 0.3 is 5.97 Å². The topological polar surface area (TPSA) is 109 Å². The molecule has 0 aliphatic heterocycles. The van der Waals surface area contributed by atoms with E-state index in [1.807, 2.05) is 47.0 Å². The molecule has 0 saturated carbocycles. The van der Waals surface area contributed by atoms with E-state index in [4.69, 9.17) is 11.6 Å². The van der Waals surface area contributed by atoms with Gasteiger partial charge in [-0.2, -0.15) is 5.10 Å². The second kappa shape index (κ2) is 10.8. The Morgan fingerprint density at radius 3 is 2.44 bits per heavy atom. The largest absolute Gasteiger partial charge is 0.478 e. The summed E-state index contributed by atoms with van der Waals surface area (Å²) in [6.45, 7) is 0. The number of amides is 1. The van der Waals surface area contributed by atoms with Crippen molar-refractivity contribution in [3.05, 3.63) is 95.0 Å². The monoisotopic (exact) mass is 491 g/mol. The number of benzene rings is 3. The van der Waals surface area contributed by atoms with Gasteiger partial charge in [0.25, 0.3) is 5.91 Å². The first-order chi connectivity index (χ1) is 16.5. The van der Waals surface area contributed by atoms with Crippen LogP contribution in [0.3, 0.4) is 0 Å². The van der Waals surface area contributed by atoms with Crippen LogP contribution in [0.15, 0.2) is 89.1 Å². The van der Waals surface area contributed by atoms with E-state index in [-0.39, 0.29) is 17.2 Å². The van der Waals surface area contributed by atoms with Crippen LogP contribution in [0, 0.1) is 0 Å². The van der Waals surface area contributed by atoms with E-state index >= 15 is 0 Å². The maximum Gasteiger partial charge on any atom is 0.336 e. The Hall–Kier alpha value is -3.95. The zero-order valence-corrected chi connectivity index (χ0v) is 19.2. The predicted octanol–water partition coefficient (Wildman–Crippen LogP) is 4.53. The van der Waals surface area contributed by atoms with E-state index < -0.39 is 5.97 Å². The minimum absolute atomic E-state index is 0.0313. The molecule has 170 valence electrons. The standard InChI is InChI=1S/C24H18ClN5O3S/c25-18-12-10-16(11-13-18)22-28-29-24(30(22)19-7-2-1-3-8-19)34-15-21(31)27-26-14-17-6-4-5-9-20(17)23(32)33/h1-14H,15H2,(H,27,31)(H,32,33). The van der Waals surface area contributed by atoms with Crippen LogP contribution in [0.1, 0.15) is 15.9 Å². The number of nitrogens with zero attached hydrogens (tertiary/aromatic N) is 4. The number of halogens is 1. The molecule has 2 N–H and O–H groups in total. The fourth-order valence-corrected chi connectivity index (χ4v) is 3.97. The van der Waals surface area contributed by atoms with E-state index in [0.717, 1.165) is 11.3 Å². The lowest BCUT2D eigenvalue weighted by molar-refractivity contribution is -0.118. The summed E-state index contributed by atoms with van der Waals surface area (Å²) in [5.74, 6) is -0.789. The summed E-state index contributed by atoms with van der Waals surface area (Å²) in [6.07, 6.45) is 1.30. The smallest absolute Gasteiger partial charge is 0.336 e. The first-order valence-electron chi connectivity index (χ1n) is 10.1. The minimum atomic E-state index is -1.07. The number of thioether (sulfide) groups is 1. The molecular weight excluding hydrogens is 474 g/mol. The molecule has 1 aromatic heterocycles. The average molecular weight is 492 g/mol. The quantitative estimate of drug-likeness (QED) is 0.213. The van der Waals surface area contributed by atoms with Gasteiger partial charge in [-0.3, -0.25) is 9.36 Å². The Morgan fingerprint density at radius 1 is 1.00 bits per heavy atom. The Kier molecular flexibility index (Phi) is 7.36. The van der Waals surface area contributed by atoms with Gasteiger partial charge in [-0.05, 0) is 42.5 Å². The summed E-state index contributed by atoms with van der Waals surface area (Å²) in [5.41, 5.74) is 4.58. The van der Waals surface area contributed by atoms with Crippen molar-refractivity contribution < 1.29 is 14.7 Å². The molecule has 0 atom stereocenters. The average Bonchev–Trinajstić information content (AvgIpc) is 3.28. The minimum Gasteiger partial charge on any atom is -0.478 e. The Bertz CT molecular complexity index is 1340. The van der Waals surface area contributed by atoms with E-state index in [0.29, 0.717) is 21.6 Å². The molecule has 1 amide bonds. The second-order valence-electron chi connectivity index (χ2n) is 6.96. The lowest BCUT2D eigenvalue weighted by Crippen LogP contribution is -2.20. The molecule has 4 aromatic rings. The van der Waals surface area contributed by atoms with Crippen molar-refractivity contribution in [2.45, 2.75) is 5.16 Å². The van der Waals surface area contributed by atoms with Crippen LogP contribution in [-0.2, 0) is 4.79 Å². The van der Waals surface area contributed by atoms with E-state index in [1.54, 1.807) is 30.3 Å². The number of carboxylic acids is 1. The van der Waals surface area contributed by atoms with E-state index in [1.165, 1.54) is 24.0 Å². The molecule has 1 heterocycles. The molecule has 34 heavy (non-hydrogen) atoms. The molecule has 0 aliphatic rings. The number of para-hydroxylation sites is 1. The first-order valence-corrected chi connectivity index (χ1v) is 11.4. The number of nitrogens with one attached hydrogen (secondary N) is 1. The summed E-state index contributed by atoms with van der Waals surface area (Å²) < 4.78 is 1.87. The Morgan fingerprint density at radius 2 is 1.71 bits per heavy atom. The van der Waals surface area contributed by atoms with Crippen LogP contribution >= 0.6 is 23.4 Å². The van der Waals surface area contributed by atoms with Crippen LogP contribution < -0.4 is 5.43 Å². The number of hydrogen-bond acceptors (Lipinski definition) is 6. The van der Waals surface area contributed by atoms with E-state index in [2.05, 4.69) is 20.7 Å². The van der Waals surface area contributed by atoms with Crippen molar-refractivity contribution in [2.24, 2.45) is 5.10 Å². The van der Waals surface area contributed by atoms with Gasteiger partial charge in [0.05, 0.1) is 17.5 Å². The number of aromatic nitrogens is 3. The third kappa shape index (κ3) is 5.51. The molecule has 4 rings (SSSR count). The molecule has 0 radical (unpaired) electrons. The number of rotatable bonds is 8. The molecule has 10 heteroatoms. The number of carbonyl (C=O) groups is 2. The number of hydrazone groups is 1. The van der Waals surface area contributed by atoms with Crippen molar-refractivity contribution in [3.63, 3.8) is 0 Å². The zero-order valence-electron chi connectivity index (χ0n) is 17.6. The van der Waals surface area contributed by atoms with Crippen molar-refractivity contribution >= 4 is 41.5 Å². The third-order valence-electron chi connectivity index (χ3n) is 4.67. The number of aromatic carboxylic acids is 1. The summed E-state index contributed by atoms with van der Waals surface area (Å²) in [7, 11) is 0. The summed E-state index contributed by atoms with van der Waals surface area (Å²) in [6, 6.07) is 23.3. The van der Waals surface area contributed by atoms with Crippen LogP contribution in [-0.4, -0.2) is 43.7 Å². The molecule has 0 saturated heterocycles. The summed E-state index contributed by atoms with van der Waals surface area (Å²) in [4.78, 5) is 23.6. The van der Waals surface area contributed by atoms with Crippen LogP contribution in [0.4, 0.5) is 0 Å². The molecule has 0 bridgehead atoms. The van der Waals surface area contributed by atoms with Gasteiger partial charge in [0.2, 0.25) is 0 Å². The number of carboxylic acid groups (broad SMARTS) is 1. The van der Waals surface area contributed by atoms with Crippen LogP contribution in [0.25, 0.3) is 17.1 Å². The molecule has 0 unspecified atom stereocenters. The summed E-state index contributed by atoms with van der Waals surface area (Å²) in [5, 5.41) is 22.9. The lowest BCUT2D eigenvalue weighted by Gasteiger charge is -2.10. The highest BCUT2D eigenvalue weighted by atomic mass is 35.5.